The van der Waals surface area contributed by atoms with Crippen molar-refractivity contribution in [2.45, 2.75) is 84.2 Å². The molecule has 2 N–H and O–H groups in total. The van der Waals surface area contributed by atoms with Crippen molar-refractivity contribution in [1.29, 1.82) is 0 Å². The monoisotopic (exact) mass is 593 g/mol. The van der Waals surface area contributed by atoms with E-state index in [2.05, 4.69) is 20.6 Å². The van der Waals surface area contributed by atoms with Crippen LogP contribution in [0.1, 0.15) is 93.3 Å². The Labute approximate surface area is 255 Å². The van der Waals surface area contributed by atoms with Crippen LogP contribution in [0.3, 0.4) is 0 Å². The van der Waals surface area contributed by atoms with Crippen molar-refractivity contribution >= 4 is 17.6 Å². The van der Waals surface area contributed by atoms with Gasteiger partial charge in [0, 0.05) is 37.0 Å². The molecule has 2 atom stereocenters. The number of likely N-dealkylation sites (tertiary alicyclic amines) is 1. The molecule has 1 aliphatic carbocycles. The number of methoxy groups -OCH3 is 1. The average molecular weight is 594 g/mol. The fraction of sp³-hybridized carbons (Fsp3) is 0.606. The van der Waals surface area contributed by atoms with Crippen LogP contribution in [0, 0.1) is 11.8 Å². The Morgan fingerprint density at radius 3 is 2.60 bits per heavy atom. The molecule has 0 radical (unpaired) electrons. The Kier molecular flexibility index (Phi) is 11.9. The van der Waals surface area contributed by atoms with E-state index in [1.54, 1.807) is 0 Å². The molecule has 1 saturated heterocycles. The predicted octanol–water partition coefficient (Wildman–Crippen LogP) is 4.28. The predicted molar refractivity (Wildman–Crippen MR) is 164 cm³/mol. The van der Waals surface area contributed by atoms with E-state index in [9.17, 15) is 14.4 Å². The summed E-state index contributed by atoms with van der Waals surface area (Å²) in [5.41, 5.74) is 2.21. The first-order valence-corrected chi connectivity index (χ1v) is 15.8. The van der Waals surface area contributed by atoms with Crippen LogP contribution in [0.2, 0.25) is 0 Å². The molecule has 4 rings (SSSR count). The molecule has 1 aliphatic heterocycles. The Bertz CT molecular complexity index is 1250. The third-order valence-electron chi connectivity index (χ3n) is 8.53. The summed E-state index contributed by atoms with van der Waals surface area (Å²) in [4.78, 5) is 50.2. The summed E-state index contributed by atoms with van der Waals surface area (Å²) in [6.45, 7) is 7.93. The number of amides is 2. The van der Waals surface area contributed by atoms with Crippen molar-refractivity contribution in [1.82, 2.24) is 25.5 Å². The van der Waals surface area contributed by atoms with Crippen LogP contribution < -0.4 is 20.1 Å². The number of carbonyl (C=O) groups excluding carboxylic acids is 3. The first-order valence-electron chi connectivity index (χ1n) is 15.8. The van der Waals surface area contributed by atoms with Crippen LogP contribution in [0.5, 0.6) is 11.8 Å². The van der Waals surface area contributed by atoms with Crippen molar-refractivity contribution < 1.29 is 23.9 Å². The number of hydrogen-bond acceptors (Lipinski definition) is 8. The van der Waals surface area contributed by atoms with Crippen LogP contribution in [0.15, 0.2) is 30.5 Å². The zero-order valence-corrected chi connectivity index (χ0v) is 26.1. The smallest absolute Gasteiger partial charge is 0.251 e. The molecule has 0 bridgehead atoms. The third kappa shape index (κ3) is 8.75. The maximum Gasteiger partial charge on any atom is 0.251 e. The summed E-state index contributed by atoms with van der Waals surface area (Å²) >= 11 is 0. The number of hydrogen-bond donors (Lipinski definition) is 2. The fourth-order valence-corrected chi connectivity index (χ4v) is 6.14. The van der Waals surface area contributed by atoms with E-state index < -0.39 is 6.04 Å². The lowest BCUT2D eigenvalue weighted by Crippen LogP contribution is -2.48. The molecule has 1 aromatic heterocycles. The Morgan fingerprint density at radius 1 is 1.09 bits per heavy atom. The van der Waals surface area contributed by atoms with E-state index in [1.165, 1.54) is 19.7 Å². The molecule has 1 aromatic carbocycles. The molecule has 234 valence electrons. The van der Waals surface area contributed by atoms with Gasteiger partial charge in [-0.3, -0.25) is 14.4 Å². The highest BCUT2D eigenvalue weighted by Gasteiger charge is 2.32. The van der Waals surface area contributed by atoms with Gasteiger partial charge in [0.15, 0.2) is 5.78 Å². The molecule has 43 heavy (non-hydrogen) atoms. The average Bonchev–Trinajstić information content (AvgIpc) is 3.04. The van der Waals surface area contributed by atoms with Crippen LogP contribution in [-0.4, -0.2) is 71.9 Å². The van der Waals surface area contributed by atoms with Gasteiger partial charge < -0.3 is 25.0 Å². The Hall–Kier alpha value is -3.53. The molecule has 2 heterocycles. The van der Waals surface area contributed by atoms with Gasteiger partial charge in [-0.1, -0.05) is 45.2 Å². The Morgan fingerprint density at radius 2 is 1.88 bits per heavy atom. The number of Topliss-reactive ketones (excluding diaryl/α,β-unsaturated/α-hetero) is 1. The summed E-state index contributed by atoms with van der Waals surface area (Å²) < 4.78 is 10.7. The normalized spacial score (nSPS) is 18.3. The fourth-order valence-electron chi connectivity index (χ4n) is 6.14. The first kappa shape index (κ1) is 32.4. The van der Waals surface area contributed by atoms with E-state index in [-0.39, 0.29) is 41.9 Å². The van der Waals surface area contributed by atoms with Gasteiger partial charge in [0.2, 0.25) is 17.7 Å². The van der Waals surface area contributed by atoms with Crippen molar-refractivity contribution in [3.05, 3.63) is 47.3 Å². The second kappa shape index (κ2) is 15.8. The quantitative estimate of drug-likeness (QED) is 0.353. The van der Waals surface area contributed by atoms with Gasteiger partial charge in [-0.25, -0.2) is 4.98 Å². The molecular weight excluding hydrogens is 546 g/mol. The lowest BCUT2D eigenvalue weighted by atomic mass is 9.80. The molecule has 2 aromatic rings. The summed E-state index contributed by atoms with van der Waals surface area (Å²) in [6.07, 6.45) is 8.72. The minimum absolute atomic E-state index is 0.0144. The van der Waals surface area contributed by atoms with E-state index in [1.807, 2.05) is 49.9 Å². The highest BCUT2D eigenvalue weighted by atomic mass is 16.5. The van der Waals surface area contributed by atoms with Gasteiger partial charge in [0.05, 0.1) is 32.5 Å². The number of nitrogens with zero attached hydrogens (tertiary/aromatic N) is 3. The number of nitrogens with one attached hydrogen (secondary N) is 2. The standard InChI is InChI=1S/C33H47N5O5/c1-5-43-33-27(35-19-28(36-33)42-4)18-34-20-29(39)38-16-10-15-26(21-38)24-13-9-14-25(17-24)32(41)37-30(31(40)22(2)3)23-11-7-6-8-12-23/h9,13-14,17,19,22-23,26,30,34H,5-8,10-12,15-16,18,20-21H2,1-4H3,(H,37,41). The van der Waals surface area contributed by atoms with Gasteiger partial charge >= 0.3 is 0 Å². The maximum absolute atomic E-state index is 13.4. The molecular formula is C33H47N5O5. The van der Waals surface area contributed by atoms with Crippen LogP contribution in [0.25, 0.3) is 0 Å². The molecule has 10 heteroatoms. The van der Waals surface area contributed by atoms with Crippen molar-refractivity contribution in [3.8, 4) is 11.8 Å². The molecule has 0 spiro atoms. The third-order valence-corrected chi connectivity index (χ3v) is 8.53. The van der Waals surface area contributed by atoms with Crippen molar-refractivity contribution in [3.63, 3.8) is 0 Å². The zero-order valence-electron chi connectivity index (χ0n) is 26.1. The van der Waals surface area contributed by atoms with Crippen LogP contribution in [-0.2, 0) is 16.1 Å². The van der Waals surface area contributed by atoms with Gasteiger partial charge in [-0.15, -0.1) is 0 Å². The second-order valence-corrected chi connectivity index (χ2v) is 11.9. The van der Waals surface area contributed by atoms with Gasteiger partial charge in [0.25, 0.3) is 5.91 Å². The summed E-state index contributed by atoms with van der Waals surface area (Å²) in [6, 6.07) is 7.23. The summed E-state index contributed by atoms with van der Waals surface area (Å²) in [5, 5.41) is 6.29. The Balaban J connectivity index is 1.35. The maximum atomic E-state index is 13.4. The van der Waals surface area contributed by atoms with Gasteiger partial charge in [-0.2, -0.15) is 4.98 Å². The highest BCUT2D eigenvalue weighted by molar-refractivity contribution is 5.98. The van der Waals surface area contributed by atoms with Crippen molar-refractivity contribution in [2.75, 3.05) is 33.4 Å². The first-order chi connectivity index (χ1) is 20.8. The largest absolute Gasteiger partial charge is 0.480 e. The summed E-state index contributed by atoms with van der Waals surface area (Å²) in [7, 11) is 1.52. The number of rotatable bonds is 13. The number of aromatic nitrogens is 2. The van der Waals surface area contributed by atoms with E-state index >= 15 is 0 Å². The molecule has 2 fully saturated rings. The minimum Gasteiger partial charge on any atom is -0.480 e. The van der Waals surface area contributed by atoms with Gasteiger partial charge in [0.1, 0.15) is 5.69 Å². The van der Waals surface area contributed by atoms with E-state index in [0.29, 0.717) is 49.3 Å². The molecule has 2 aliphatic rings. The lowest BCUT2D eigenvalue weighted by molar-refractivity contribution is -0.131. The van der Waals surface area contributed by atoms with Crippen LogP contribution >= 0.6 is 0 Å². The second-order valence-electron chi connectivity index (χ2n) is 11.9. The van der Waals surface area contributed by atoms with Gasteiger partial charge in [-0.05, 0) is 56.2 Å². The topological polar surface area (TPSA) is 123 Å². The SMILES string of the molecule is CCOc1nc(OC)cnc1CNCC(=O)N1CCCC(c2cccc(C(=O)NC(C(=O)C(C)C)C3CCCCC3)c2)C1. The number of piperidine rings is 1. The molecule has 1 saturated carbocycles. The zero-order chi connectivity index (χ0) is 30.8. The van der Waals surface area contributed by atoms with Crippen molar-refractivity contribution in [2.24, 2.45) is 11.8 Å². The lowest BCUT2D eigenvalue weighted by Gasteiger charge is -2.33. The highest BCUT2D eigenvalue weighted by Crippen LogP contribution is 2.30. The van der Waals surface area contributed by atoms with Crippen LogP contribution in [0.4, 0.5) is 0 Å². The number of ether oxygens (including phenoxy) is 2. The number of benzene rings is 1. The number of carbonyl (C=O) groups is 3. The number of ketones is 1. The summed E-state index contributed by atoms with van der Waals surface area (Å²) in [5.74, 6) is 0.889. The van der Waals surface area contributed by atoms with E-state index in [4.69, 9.17) is 9.47 Å². The molecule has 10 nitrogen and oxygen atoms in total. The van der Waals surface area contributed by atoms with E-state index in [0.717, 1.165) is 44.1 Å². The minimum atomic E-state index is -0.444. The molecule has 2 amide bonds. The molecule has 2 unspecified atom stereocenters.